The molecule has 0 bridgehead atoms. The number of aromatic carboxylic acids is 1. The minimum Gasteiger partial charge on any atom is -0.478 e. The smallest absolute Gasteiger partial charge is 0.335 e. The summed E-state index contributed by atoms with van der Waals surface area (Å²) in [7, 11) is 2.16. The highest BCUT2D eigenvalue weighted by atomic mass is 16.4. The number of carboxylic acid groups (broad SMARTS) is 1. The van der Waals surface area contributed by atoms with Gasteiger partial charge in [-0.3, -0.25) is 4.90 Å². The third-order valence-electron chi connectivity index (χ3n) is 4.27. The van der Waals surface area contributed by atoms with E-state index in [9.17, 15) is 4.79 Å². The number of carbonyl (C=O) groups is 1. The number of benzene rings is 1. The van der Waals surface area contributed by atoms with Crippen LogP contribution in [-0.2, 0) is 6.54 Å². The van der Waals surface area contributed by atoms with Crippen molar-refractivity contribution in [3.05, 3.63) is 36.0 Å². The molecule has 0 unspecified atom stereocenters. The Morgan fingerprint density at radius 1 is 1.14 bits per heavy atom. The van der Waals surface area contributed by atoms with Crippen LogP contribution in [-0.4, -0.2) is 65.2 Å². The van der Waals surface area contributed by atoms with Gasteiger partial charge in [0.05, 0.1) is 5.56 Å². The van der Waals surface area contributed by atoms with Gasteiger partial charge in [-0.15, -0.1) is 0 Å². The highest BCUT2D eigenvalue weighted by Gasteiger charge is 2.14. The monoisotopic (exact) mass is 287 g/mol. The first kappa shape index (κ1) is 14.1. The van der Waals surface area contributed by atoms with Gasteiger partial charge in [0.15, 0.2) is 0 Å². The zero-order valence-electron chi connectivity index (χ0n) is 12.3. The second kappa shape index (κ2) is 5.87. The summed E-state index contributed by atoms with van der Waals surface area (Å²) in [5, 5.41) is 10.2. The van der Waals surface area contributed by atoms with Crippen LogP contribution in [0, 0.1) is 0 Å². The van der Waals surface area contributed by atoms with Gasteiger partial charge >= 0.3 is 5.97 Å². The molecule has 21 heavy (non-hydrogen) atoms. The van der Waals surface area contributed by atoms with Gasteiger partial charge in [0, 0.05) is 51.0 Å². The first-order valence-corrected chi connectivity index (χ1v) is 7.36. The number of hydrogen-bond donors (Lipinski definition) is 1. The maximum atomic E-state index is 11.1. The summed E-state index contributed by atoms with van der Waals surface area (Å²) < 4.78 is 2.15. The van der Waals surface area contributed by atoms with E-state index < -0.39 is 5.97 Å². The standard InChI is InChI=1S/C16H21N3O2/c1-17-6-8-18(9-7-17)10-11-19-5-4-13-2-3-14(16(20)21)12-15(13)19/h2-5,12H,6-11H2,1H3,(H,20,21). The number of likely N-dealkylation sites (N-methyl/N-ethyl adjacent to an activating group) is 1. The van der Waals surface area contributed by atoms with Gasteiger partial charge in [0.25, 0.3) is 0 Å². The molecule has 0 amide bonds. The summed E-state index contributed by atoms with van der Waals surface area (Å²) in [5.41, 5.74) is 1.35. The first-order valence-electron chi connectivity index (χ1n) is 7.36. The number of fused-ring (bicyclic) bond motifs is 1. The third kappa shape index (κ3) is 3.09. The van der Waals surface area contributed by atoms with E-state index in [4.69, 9.17) is 5.11 Å². The van der Waals surface area contributed by atoms with Crippen LogP contribution in [0.2, 0.25) is 0 Å². The van der Waals surface area contributed by atoms with E-state index in [1.54, 1.807) is 12.1 Å². The Balaban J connectivity index is 1.71. The molecule has 2 aromatic rings. The lowest BCUT2D eigenvalue weighted by molar-refractivity contribution is 0.0697. The molecular weight excluding hydrogens is 266 g/mol. The molecule has 1 aromatic carbocycles. The largest absolute Gasteiger partial charge is 0.478 e. The summed E-state index contributed by atoms with van der Waals surface area (Å²) in [6.45, 7) is 6.36. The van der Waals surface area contributed by atoms with Gasteiger partial charge in [-0.2, -0.15) is 0 Å². The van der Waals surface area contributed by atoms with Gasteiger partial charge < -0.3 is 14.6 Å². The number of rotatable bonds is 4. The molecule has 5 nitrogen and oxygen atoms in total. The fraction of sp³-hybridized carbons (Fsp3) is 0.438. The first-order chi connectivity index (χ1) is 10.1. The van der Waals surface area contributed by atoms with Crippen LogP contribution in [0.1, 0.15) is 10.4 Å². The summed E-state index contributed by atoms with van der Waals surface area (Å²) in [6.07, 6.45) is 2.05. The minimum absolute atomic E-state index is 0.349. The molecule has 0 atom stereocenters. The van der Waals surface area contributed by atoms with Gasteiger partial charge in [-0.1, -0.05) is 6.07 Å². The maximum Gasteiger partial charge on any atom is 0.335 e. The molecule has 0 spiro atoms. The maximum absolute atomic E-state index is 11.1. The zero-order valence-corrected chi connectivity index (χ0v) is 12.3. The number of carboxylic acids is 1. The van der Waals surface area contributed by atoms with Crippen molar-refractivity contribution < 1.29 is 9.90 Å². The van der Waals surface area contributed by atoms with E-state index in [2.05, 4.69) is 21.4 Å². The average molecular weight is 287 g/mol. The molecule has 1 fully saturated rings. The fourth-order valence-electron chi connectivity index (χ4n) is 2.83. The van der Waals surface area contributed by atoms with Crippen LogP contribution in [0.3, 0.4) is 0 Å². The zero-order chi connectivity index (χ0) is 14.8. The molecule has 0 radical (unpaired) electrons. The second-order valence-corrected chi connectivity index (χ2v) is 5.73. The molecule has 5 heteroatoms. The van der Waals surface area contributed by atoms with Crippen molar-refractivity contribution in [2.75, 3.05) is 39.8 Å². The number of aromatic nitrogens is 1. The van der Waals surface area contributed by atoms with E-state index in [0.717, 1.165) is 50.2 Å². The van der Waals surface area contributed by atoms with Gasteiger partial charge in [-0.25, -0.2) is 4.79 Å². The van der Waals surface area contributed by atoms with E-state index in [1.807, 2.05) is 18.3 Å². The molecule has 1 N–H and O–H groups in total. The van der Waals surface area contributed by atoms with Crippen molar-refractivity contribution in [1.29, 1.82) is 0 Å². The van der Waals surface area contributed by atoms with Crippen LogP contribution >= 0.6 is 0 Å². The summed E-state index contributed by atoms with van der Waals surface area (Å²) in [4.78, 5) is 15.9. The predicted molar refractivity (Wildman–Crippen MR) is 82.8 cm³/mol. The van der Waals surface area contributed by atoms with E-state index >= 15 is 0 Å². The average Bonchev–Trinajstić information content (AvgIpc) is 2.89. The Kier molecular flexibility index (Phi) is 3.94. The van der Waals surface area contributed by atoms with E-state index in [0.29, 0.717) is 5.56 Å². The van der Waals surface area contributed by atoms with Crippen molar-refractivity contribution in [3.63, 3.8) is 0 Å². The van der Waals surface area contributed by atoms with Crippen molar-refractivity contribution in [3.8, 4) is 0 Å². The normalized spacial score (nSPS) is 17.4. The van der Waals surface area contributed by atoms with Crippen molar-refractivity contribution in [2.45, 2.75) is 6.54 Å². The summed E-state index contributed by atoms with van der Waals surface area (Å²) >= 11 is 0. The van der Waals surface area contributed by atoms with Crippen LogP contribution in [0.4, 0.5) is 0 Å². The van der Waals surface area contributed by atoms with Crippen molar-refractivity contribution in [2.24, 2.45) is 0 Å². The summed E-state index contributed by atoms with van der Waals surface area (Å²) in [5.74, 6) is -0.872. The van der Waals surface area contributed by atoms with Gasteiger partial charge in [-0.05, 0) is 30.6 Å². The Labute approximate surface area is 124 Å². The molecule has 112 valence electrons. The molecule has 2 heterocycles. The molecule has 0 saturated carbocycles. The molecular formula is C16H21N3O2. The molecule has 1 aliphatic rings. The highest BCUT2D eigenvalue weighted by Crippen LogP contribution is 2.18. The predicted octanol–water partition coefficient (Wildman–Crippen LogP) is 1.59. The lowest BCUT2D eigenvalue weighted by atomic mass is 10.1. The van der Waals surface area contributed by atoms with Crippen molar-refractivity contribution in [1.82, 2.24) is 14.4 Å². The SMILES string of the molecule is CN1CCN(CCn2ccc3ccc(C(=O)O)cc32)CC1. The molecule has 1 aliphatic heterocycles. The lowest BCUT2D eigenvalue weighted by Crippen LogP contribution is -2.45. The molecule has 3 rings (SSSR count). The number of piperazine rings is 1. The minimum atomic E-state index is -0.872. The topological polar surface area (TPSA) is 48.7 Å². The van der Waals surface area contributed by atoms with Crippen molar-refractivity contribution >= 4 is 16.9 Å². The van der Waals surface area contributed by atoms with Gasteiger partial charge in [0.2, 0.25) is 0 Å². The molecule has 0 aliphatic carbocycles. The second-order valence-electron chi connectivity index (χ2n) is 5.73. The Morgan fingerprint density at radius 3 is 2.62 bits per heavy atom. The molecule has 1 aromatic heterocycles. The van der Waals surface area contributed by atoms with Gasteiger partial charge in [0.1, 0.15) is 0 Å². The highest BCUT2D eigenvalue weighted by molar-refractivity contribution is 5.93. The fourth-order valence-corrected chi connectivity index (χ4v) is 2.83. The van der Waals surface area contributed by atoms with E-state index in [1.165, 1.54) is 0 Å². The van der Waals surface area contributed by atoms with E-state index in [-0.39, 0.29) is 0 Å². The Hall–Kier alpha value is -1.85. The third-order valence-corrected chi connectivity index (χ3v) is 4.27. The number of nitrogens with zero attached hydrogens (tertiary/aromatic N) is 3. The quantitative estimate of drug-likeness (QED) is 0.927. The van der Waals surface area contributed by atoms with Crippen LogP contribution in [0.15, 0.2) is 30.5 Å². The summed E-state index contributed by atoms with van der Waals surface area (Å²) in [6, 6.07) is 7.35. The Morgan fingerprint density at radius 2 is 1.90 bits per heavy atom. The van der Waals surface area contributed by atoms with Crippen LogP contribution < -0.4 is 0 Å². The van der Waals surface area contributed by atoms with Crippen LogP contribution in [0.5, 0.6) is 0 Å². The lowest BCUT2D eigenvalue weighted by Gasteiger charge is -2.32. The van der Waals surface area contributed by atoms with Crippen LogP contribution in [0.25, 0.3) is 10.9 Å². The molecule has 1 saturated heterocycles. The Bertz CT molecular complexity index is 642. The number of hydrogen-bond acceptors (Lipinski definition) is 3.